The van der Waals surface area contributed by atoms with Crippen LogP contribution in [-0.4, -0.2) is 20.4 Å². The Labute approximate surface area is 154 Å². The second-order valence-corrected chi connectivity index (χ2v) is 8.01. The van der Waals surface area contributed by atoms with Crippen LogP contribution in [0, 0.1) is 0 Å². The fourth-order valence-electron chi connectivity index (χ4n) is 2.40. The topological polar surface area (TPSA) is 75.3 Å². The molecule has 0 aromatic heterocycles. The molecule has 1 fully saturated rings. The first-order valence-electron chi connectivity index (χ1n) is 8.22. The molecule has 0 atom stereocenters. The molecule has 1 aliphatic carbocycles. The predicted octanol–water partition coefficient (Wildman–Crippen LogP) is 3.08. The summed E-state index contributed by atoms with van der Waals surface area (Å²) in [5.74, 6) is -0.645. The summed E-state index contributed by atoms with van der Waals surface area (Å²) in [6, 6.07) is 10.1. The van der Waals surface area contributed by atoms with E-state index in [1.165, 1.54) is 24.3 Å². The highest BCUT2D eigenvalue weighted by Gasteiger charge is 2.31. The van der Waals surface area contributed by atoms with Gasteiger partial charge in [0.2, 0.25) is 10.0 Å². The van der Waals surface area contributed by atoms with Crippen molar-refractivity contribution in [3.8, 4) is 0 Å². The van der Waals surface area contributed by atoms with Crippen LogP contribution in [0.15, 0.2) is 53.4 Å². The number of alkyl halides is 3. The standard InChI is InChI=1S/C18H17F3N2O3S/c19-18(20,21)14-3-1-2-13(10-14)17(24)22-11-12-4-8-16(9-5-12)27(25,26)23-15-6-7-15/h1-5,8-10,15,23H,6-7,11H2,(H,22,24). The molecule has 5 nitrogen and oxygen atoms in total. The Morgan fingerprint density at radius 2 is 1.74 bits per heavy atom. The summed E-state index contributed by atoms with van der Waals surface area (Å²) < 4.78 is 64.9. The largest absolute Gasteiger partial charge is 0.416 e. The molecule has 2 N–H and O–H groups in total. The molecule has 0 radical (unpaired) electrons. The minimum absolute atomic E-state index is 0.00132. The summed E-state index contributed by atoms with van der Waals surface area (Å²) >= 11 is 0. The second-order valence-electron chi connectivity index (χ2n) is 6.30. The number of amides is 1. The number of sulfonamides is 1. The molecule has 0 heterocycles. The number of rotatable bonds is 6. The van der Waals surface area contributed by atoms with E-state index in [1.807, 2.05) is 0 Å². The predicted molar refractivity (Wildman–Crippen MR) is 92.4 cm³/mol. The van der Waals surface area contributed by atoms with Gasteiger partial charge in [0.1, 0.15) is 0 Å². The smallest absolute Gasteiger partial charge is 0.348 e. The Hall–Kier alpha value is -2.39. The van der Waals surface area contributed by atoms with E-state index in [1.54, 1.807) is 12.1 Å². The van der Waals surface area contributed by atoms with E-state index in [0.29, 0.717) is 5.56 Å². The van der Waals surface area contributed by atoms with Crippen LogP contribution < -0.4 is 10.0 Å². The molecule has 27 heavy (non-hydrogen) atoms. The molecule has 0 unspecified atom stereocenters. The molecule has 1 amide bonds. The van der Waals surface area contributed by atoms with Crippen LogP contribution in [0.4, 0.5) is 13.2 Å². The number of benzene rings is 2. The molecule has 9 heteroatoms. The van der Waals surface area contributed by atoms with Gasteiger partial charge in [-0.3, -0.25) is 4.79 Å². The summed E-state index contributed by atoms with van der Waals surface area (Å²) in [4.78, 5) is 12.2. The zero-order valence-corrected chi connectivity index (χ0v) is 14.9. The number of nitrogens with one attached hydrogen (secondary N) is 2. The van der Waals surface area contributed by atoms with E-state index in [4.69, 9.17) is 0 Å². The van der Waals surface area contributed by atoms with E-state index in [-0.39, 0.29) is 23.0 Å². The molecule has 2 aromatic rings. The number of carbonyl (C=O) groups is 1. The van der Waals surface area contributed by atoms with Gasteiger partial charge in [-0.2, -0.15) is 13.2 Å². The maximum absolute atomic E-state index is 12.7. The number of carbonyl (C=O) groups excluding carboxylic acids is 1. The molecule has 1 saturated carbocycles. The first kappa shape index (κ1) is 19.4. The zero-order chi connectivity index (χ0) is 19.7. The van der Waals surface area contributed by atoms with E-state index in [9.17, 15) is 26.4 Å². The van der Waals surface area contributed by atoms with Crippen molar-refractivity contribution in [1.82, 2.24) is 10.0 Å². The second kappa shape index (κ2) is 7.32. The average Bonchev–Trinajstić information content (AvgIpc) is 3.42. The van der Waals surface area contributed by atoms with Crippen molar-refractivity contribution in [1.29, 1.82) is 0 Å². The van der Waals surface area contributed by atoms with Gasteiger partial charge >= 0.3 is 6.18 Å². The minimum Gasteiger partial charge on any atom is -0.348 e. The third-order valence-corrected chi connectivity index (χ3v) is 5.57. The summed E-state index contributed by atoms with van der Waals surface area (Å²) in [6.45, 7) is 0.0610. The Morgan fingerprint density at radius 1 is 1.07 bits per heavy atom. The van der Waals surface area contributed by atoms with Crippen molar-refractivity contribution in [2.75, 3.05) is 0 Å². The first-order valence-corrected chi connectivity index (χ1v) is 9.70. The average molecular weight is 398 g/mol. The van der Waals surface area contributed by atoms with Crippen LogP contribution in [0.25, 0.3) is 0 Å². The lowest BCUT2D eigenvalue weighted by atomic mass is 10.1. The molecule has 2 aromatic carbocycles. The molecule has 0 spiro atoms. The van der Waals surface area contributed by atoms with Crippen molar-refractivity contribution in [2.24, 2.45) is 0 Å². The molecule has 144 valence electrons. The fraction of sp³-hybridized carbons (Fsp3) is 0.278. The zero-order valence-electron chi connectivity index (χ0n) is 14.1. The summed E-state index contributed by atoms with van der Waals surface area (Å²) in [6.07, 6.45) is -2.86. The van der Waals surface area contributed by atoms with Gasteiger partial charge in [-0.15, -0.1) is 0 Å². The number of hydrogen-bond donors (Lipinski definition) is 2. The van der Waals surface area contributed by atoms with Crippen LogP contribution >= 0.6 is 0 Å². The van der Waals surface area contributed by atoms with Gasteiger partial charge in [-0.25, -0.2) is 13.1 Å². The third-order valence-electron chi connectivity index (χ3n) is 4.04. The van der Waals surface area contributed by atoms with Crippen molar-refractivity contribution in [3.05, 3.63) is 65.2 Å². The van der Waals surface area contributed by atoms with Gasteiger partial charge in [0.25, 0.3) is 5.91 Å². The summed E-state index contributed by atoms with van der Waals surface area (Å²) in [5.41, 5.74) is -0.369. The Bertz CT molecular complexity index is 937. The first-order chi connectivity index (χ1) is 12.6. The molecule has 1 aliphatic rings. The fourth-order valence-corrected chi connectivity index (χ4v) is 3.70. The monoisotopic (exact) mass is 398 g/mol. The maximum atomic E-state index is 12.7. The van der Waals surface area contributed by atoms with Crippen LogP contribution in [0.2, 0.25) is 0 Å². The molecular formula is C18H17F3N2O3S. The van der Waals surface area contributed by atoms with Gasteiger partial charge < -0.3 is 5.32 Å². The van der Waals surface area contributed by atoms with Gasteiger partial charge in [0.15, 0.2) is 0 Å². The molecule has 0 saturated heterocycles. The highest BCUT2D eigenvalue weighted by atomic mass is 32.2. The highest BCUT2D eigenvalue weighted by molar-refractivity contribution is 7.89. The van der Waals surface area contributed by atoms with Crippen LogP contribution in [0.1, 0.15) is 34.3 Å². The molecular weight excluding hydrogens is 381 g/mol. The lowest BCUT2D eigenvalue weighted by Crippen LogP contribution is -2.26. The van der Waals surface area contributed by atoms with E-state index >= 15 is 0 Å². The van der Waals surface area contributed by atoms with Gasteiger partial charge in [-0.05, 0) is 48.7 Å². The van der Waals surface area contributed by atoms with Crippen LogP contribution in [0.5, 0.6) is 0 Å². The number of hydrogen-bond acceptors (Lipinski definition) is 3. The quantitative estimate of drug-likeness (QED) is 0.785. The van der Waals surface area contributed by atoms with Gasteiger partial charge in [0.05, 0.1) is 10.5 Å². The van der Waals surface area contributed by atoms with Crippen molar-refractivity contribution in [2.45, 2.75) is 36.5 Å². The lowest BCUT2D eigenvalue weighted by Gasteiger charge is -2.10. The van der Waals surface area contributed by atoms with Gasteiger partial charge in [-0.1, -0.05) is 18.2 Å². The normalized spacial score (nSPS) is 14.8. The minimum atomic E-state index is -4.52. The number of halogens is 3. The Morgan fingerprint density at radius 3 is 2.33 bits per heavy atom. The van der Waals surface area contributed by atoms with Crippen LogP contribution in [0.3, 0.4) is 0 Å². The maximum Gasteiger partial charge on any atom is 0.416 e. The molecule has 3 rings (SSSR count). The Kier molecular flexibility index (Phi) is 5.25. The molecule has 0 bridgehead atoms. The highest BCUT2D eigenvalue weighted by Crippen LogP contribution is 2.29. The van der Waals surface area contributed by atoms with Gasteiger partial charge in [0, 0.05) is 18.2 Å². The third kappa shape index (κ3) is 5.08. The summed E-state index contributed by atoms with van der Waals surface area (Å²) in [5, 5.41) is 2.52. The SMILES string of the molecule is O=C(NCc1ccc(S(=O)(=O)NC2CC2)cc1)c1cccc(C(F)(F)F)c1. The van der Waals surface area contributed by atoms with Crippen molar-refractivity contribution >= 4 is 15.9 Å². The van der Waals surface area contributed by atoms with Crippen molar-refractivity contribution < 1.29 is 26.4 Å². The van der Waals surface area contributed by atoms with Crippen LogP contribution in [-0.2, 0) is 22.7 Å². The van der Waals surface area contributed by atoms with E-state index < -0.39 is 27.7 Å². The van der Waals surface area contributed by atoms with E-state index in [0.717, 1.165) is 25.0 Å². The molecule has 0 aliphatic heterocycles. The van der Waals surface area contributed by atoms with E-state index in [2.05, 4.69) is 10.0 Å². The Balaban J connectivity index is 1.62. The lowest BCUT2D eigenvalue weighted by molar-refractivity contribution is -0.137. The summed E-state index contributed by atoms with van der Waals surface area (Å²) in [7, 11) is -3.55. The van der Waals surface area contributed by atoms with Crippen molar-refractivity contribution in [3.63, 3.8) is 0 Å².